The van der Waals surface area contributed by atoms with E-state index < -0.39 is 0 Å². The van der Waals surface area contributed by atoms with Gasteiger partial charge in [-0.15, -0.1) is 11.3 Å². The minimum absolute atomic E-state index is 0.164. The average molecular weight is 283 g/mol. The molecule has 0 bridgehead atoms. The quantitative estimate of drug-likeness (QED) is 0.627. The lowest BCUT2D eigenvalue weighted by Crippen LogP contribution is -2.02. The van der Waals surface area contributed by atoms with Gasteiger partial charge in [0.25, 0.3) is 0 Å². The van der Waals surface area contributed by atoms with Gasteiger partial charge < -0.3 is 4.74 Å². The van der Waals surface area contributed by atoms with Gasteiger partial charge >= 0.3 is 5.97 Å². The molecule has 0 amide bonds. The minimum atomic E-state index is -0.364. The highest BCUT2D eigenvalue weighted by molar-refractivity contribution is 7.12. The second kappa shape index (κ2) is 5.04. The Balaban J connectivity index is 2.66. The van der Waals surface area contributed by atoms with E-state index in [9.17, 15) is 4.79 Å². The second-order valence-electron chi connectivity index (χ2n) is 3.79. The van der Waals surface area contributed by atoms with Crippen LogP contribution in [0.3, 0.4) is 0 Å². The van der Waals surface area contributed by atoms with Gasteiger partial charge in [0.2, 0.25) is 5.28 Å². The molecule has 0 unspecified atom stereocenters. The third-order valence-electron chi connectivity index (χ3n) is 2.52. The third-order valence-corrected chi connectivity index (χ3v) is 3.78. The van der Waals surface area contributed by atoms with E-state index in [0.29, 0.717) is 10.6 Å². The molecule has 0 spiro atoms. The molecule has 0 atom stereocenters. The number of hydrogen-bond donors (Lipinski definition) is 0. The van der Waals surface area contributed by atoms with Crippen molar-refractivity contribution in [1.29, 1.82) is 0 Å². The fourth-order valence-electron chi connectivity index (χ4n) is 1.66. The lowest BCUT2D eigenvalue weighted by molar-refractivity contribution is 0.0607. The summed E-state index contributed by atoms with van der Waals surface area (Å²) in [4.78, 5) is 20.4. The number of ether oxygens (including phenoxy) is 1. The molecule has 4 nitrogen and oxygen atoms in total. The highest BCUT2D eigenvalue weighted by Gasteiger charge is 2.20. The molecule has 2 rings (SSSR count). The van der Waals surface area contributed by atoms with Crippen molar-refractivity contribution in [3.63, 3.8) is 0 Å². The zero-order chi connectivity index (χ0) is 13.3. The van der Waals surface area contributed by atoms with Crippen molar-refractivity contribution in [2.75, 3.05) is 7.11 Å². The maximum atomic E-state index is 11.7. The summed E-state index contributed by atoms with van der Waals surface area (Å²) < 4.78 is 4.78. The second-order valence-corrected chi connectivity index (χ2v) is 5.00. The van der Waals surface area contributed by atoms with Crippen molar-refractivity contribution in [2.24, 2.45) is 0 Å². The average Bonchev–Trinajstić information content (AvgIpc) is 2.73. The first-order chi connectivity index (χ1) is 8.54. The topological polar surface area (TPSA) is 52.1 Å². The molecule has 2 heterocycles. The number of carbonyl (C=O) groups is 1. The number of esters is 1. The molecule has 0 saturated heterocycles. The molecule has 0 N–H and O–H groups in total. The van der Waals surface area contributed by atoms with E-state index in [1.165, 1.54) is 18.4 Å². The summed E-state index contributed by atoms with van der Waals surface area (Å²) in [6, 6.07) is 0. The number of rotatable bonds is 2. The Morgan fingerprint density at radius 2 is 2.11 bits per heavy atom. The smallest absolute Gasteiger partial charge is 0.348 e. The predicted molar refractivity (Wildman–Crippen MR) is 71.2 cm³/mol. The molecule has 0 aliphatic carbocycles. The maximum Gasteiger partial charge on any atom is 0.348 e. The van der Waals surface area contributed by atoms with Gasteiger partial charge in [-0.25, -0.2) is 14.8 Å². The van der Waals surface area contributed by atoms with Crippen LogP contribution in [-0.2, 0) is 4.74 Å². The van der Waals surface area contributed by atoms with E-state index in [0.717, 1.165) is 16.7 Å². The van der Waals surface area contributed by atoms with Gasteiger partial charge in [-0.05, 0) is 42.0 Å². The Hall–Kier alpha value is -1.46. The van der Waals surface area contributed by atoms with Crippen LogP contribution in [0.4, 0.5) is 0 Å². The van der Waals surface area contributed by atoms with Gasteiger partial charge in [0.05, 0.1) is 12.8 Å². The molecule has 0 aliphatic heterocycles. The Labute approximate surface area is 114 Å². The number of carbonyl (C=O) groups excluding carboxylic acids is 1. The first-order valence-electron chi connectivity index (χ1n) is 5.20. The summed E-state index contributed by atoms with van der Waals surface area (Å²) in [5.74, 6) is -0.364. The van der Waals surface area contributed by atoms with Crippen LogP contribution < -0.4 is 0 Å². The van der Waals surface area contributed by atoms with Crippen LogP contribution in [0.15, 0.2) is 11.6 Å². The van der Waals surface area contributed by atoms with E-state index in [2.05, 4.69) is 9.97 Å². The van der Waals surface area contributed by atoms with Crippen LogP contribution in [0, 0.1) is 13.8 Å². The molecule has 2 aromatic heterocycles. The van der Waals surface area contributed by atoms with Gasteiger partial charge in [-0.3, -0.25) is 0 Å². The number of aromatic nitrogens is 2. The third kappa shape index (κ3) is 2.23. The van der Waals surface area contributed by atoms with E-state index in [1.807, 2.05) is 19.2 Å². The highest BCUT2D eigenvalue weighted by Crippen LogP contribution is 2.33. The van der Waals surface area contributed by atoms with E-state index >= 15 is 0 Å². The van der Waals surface area contributed by atoms with Gasteiger partial charge in [0, 0.05) is 11.8 Å². The lowest BCUT2D eigenvalue weighted by Gasteiger charge is -2.07. The zero-order valence-electron chi connectivity index (χ0n) is 10.2. The number of aryl methyl sites for hydroxylation is 2. The molecular weight excluding hydrogens is 272 g/mol. The molecular formula is C12H11ClN2O2S. The number of methoxy groups -OCH3 is 1. The number of thiophene rings is 1. The molecule has 0 aliphatic rings. The molecule has 6 heteroatoms. The largest absolute Gasteiger partial charge is 0.465 e. The molecule has 0 aromatic carbocycles. The normalized spacial score (nSPS) is 10.4. The van der Waals surface area contributed by atoms with Gasteiger partial charge in [-0.1, -0.05) is 0 Å². The van der Waals surface area contributed by atoms with Crippen molar-refractivity contribution in [3.05, 3.63) is 32.9 Å². The standard InChI is InChI=1S/C12H11ClN2O2S/c1-6-4-14-12(13)15-9(6)8-7(2)5-18-10(8)11(16)17-3/h4-5H,1-3H3. The molecule has 0 radical (unpaired) electrons. The minimum Gasteiger partial charge on any atom is -0.465 e. The molecule has 18 heavy (non-hydrogen) atoms. The summed E-state index contributed by atoms with van der Waals surface area (Å²) >= 11 is 7.16. The van der Waals surface area contributed by atoms with Gasteiger partial charge in [0.1, 0.15) is 4.88 Å². The predicted octanol–water partition coefficient (Wildman–Crippen LogP) is 3.26. The summed E-state index contributed by atoms with van der Waals surface area (Å²) in [6.07, 6.45) is 1.64. The van der Waals surface area contributed by atoms with Gasteiger partial charge in [-0.2, -0.15) is 0 Å². The molecule has 94 valence electrons. The van der Waals surface area contributed by atoms with Crippen molar-refractivity contribution >= 4 is 28.9 Å². The van der Waals surface area contributed by atoms with E-state index in [-0.39, 0.29) is 11.3 Å². The molecule has 0 saturated carbocycles. The summed E-state index contributed by atoms with van der Waals surface area (Å²) in [5, 5.41) is 2.06. The highest BCUT2D eigenvalue weighted by atomic mass is 35.5. The first-order valence-corrected chi connectivity index (χ1v) is 6.46. The number of nitrogens with zero attached hydrogens (tertiary/aromatic N) is 2. The summed E-state index contributed by atoms with van der Waals surface area (Å²) in [5.41, 5.74) is 3.28. The van der Waals surface area contributed by atoms with Crippen LogP contribution in [0.5, 0.6) is 0 Å². The van der Waals surface area contributed by atoms with Gasteiger partial charge in [0.15, 0.2) is 0 Å². The Bertz CT molecular complexity index is 610. The van der Waals surface area contributed by atoms with Crippen molar-refractivity contribution in [2.45, 2.75) is 13.8 Å². The van der Waals surface area contributed by atoms with Crippen molar-refractivity contribution in [3.8, 4) is 11.3 Å². The van der Waals surface area contributed by atoms with Crippen molar-refractivity contribution in [1.82, 2.24) is 9.97 Å². The van der Waals surface area contributed by atoms with Crippen LogP contribution in [0.1, 0.15) is 20.8 Å². The summed E-state index contributed by atoms with van der Waals surface area (Å²) in [7, 11) is 1.36. The number of hydrogen-bond acceptors (Lipinski definition) is 5. The molecule has 2 aromatic rings. The fourth-order valence-corrected chi connectivity index (χ4v) is 2.76. The van der Waals surface area contributed by atoms with Crippen molar-refractivity contribution < 1.29 is 9.53 Å². The fraction of sp³-hybridized carbons (Fsp3) is 0.250. The van der Waals surface area contributed by atoms with E-state index in [1.54, 1.807) is 6.20 Å². The zero-order valence-corrected chi connectivity index (χ0v) is 11.7. The number of halogens is 1. The maximum absolute atomic E-state index is 11.7. The Morgan fingerprint density at radius 1 is 1.39 bits per heavy atom. The SMILES string of the molecule is COC(=O)c1scc(C)c1-c1nc(Cl)ncc1C. The Morgan fingerprint density at radius 3 is 2.78 bits per heavy atom. The first kappa shape index (κ1) is 13.0. The van der Waals surface area contributed by atoms with Crippen LogP contribution >= 0.6 is 22.9 Å². The van der Waals surface area contributed by atoms with E-state index in [4.69, 9.17) is 16.3 Å². The summed E-state index contributed by atoms with van der Waals surface area (Å²) in [6.45, 7) is 3.80. The van der Waals surface area contributed by atoms with Crippen LogP contribution in [0.25, 0.3) is 11.3 Å². The molecule has 0 fully saturated rings. The van der Waals surface area contributed by atoms with Crippen LogP contribution in [0.2, 0.25) is 5.28 Å². The monoisotopic (exact) mass is 282 g/mol. The van der Waals surface area contributed by atoms with Crippen LogP contribution in [-0.4, -0.2) is 23.0 Å². The lowest BCUT2D eigenvalue weighted by atomic mass is 10.1. The Kier molecular flexibility index (Phi) is 3.63.